The largest absolute Gasteiger partial charge is 0.405 e. The molecule has 4 N–H and O–H groups in total. The van der Waals surface area contributed by atoms with Crippen LogP contribution in [0.3, 0.4) is 0 Å². The van der Waals surface area contributed by atoms with Gasteiger partial charge in [0.2, 0.25) is 0 Å². The number of hydrazine groups is 1. The zero-order chi connectivity index (χ0) is 23.5. The highest BCUT2D eigenvalue weighted by molar-refractivity contribution is 6.31. The van der Waals surface area contributed by atoms with E-state index in [1.54, 1.807) is 0 Å². The lowest BCUT2D eigenvalue weighted by Gasteiger charge is -2.17. The first-order valence-electron chi connectivity index (χ1n) is 9.43. The number of aryl methyl sites for hydroxylation is 1. The number of halogens is 6. The predicted octanol–water partition coefficient (Wildman–Crippen LogP) is 3.56. The molecule has 3 rings (SSSR count). The summed E-state index contributed by atoms with van der Waals surface area (Å²) in [6.45, 7) is 1.43. The van der Waals surface area contributed by atoms with Crippen LogP contribution in [0, 0.1) is 18.6 Å². The number of nitrogens with zero attached hydrogens (tertiary/aromatic N) is 1. The Balaban J connectivity index is 1.78. The van der Waals surface area contributed by atoms with Gasteiger partial charge in [-0.05, 0) is 42.3 Å². The second kappa shape index (κ2) is 9.80. The number of amides is 1. The van der Waals surface area contributed by atoms with Crippen molar-refractivity contribution in [1.29, 1.82) is 0 Å². The third-order valence-corrected chi connectivity index (χ3v) is 5.05. The second-order valence-corrected chi connectivity index (χ2v) is 7.54. The summed E-state index contributed by atoms with van der Waals surface area (Å²) in [7, 11) is 0. The Hall–Kier alpha value is -2.76. The van der Waals surface area contributed by atoms with Crippen molar-refractivity contribution in [2.24, 2.45) is 4.99 Å². The summed E-state index contributed by atoms with van der Waals surface area (Å²) in [4.78, 5) is 16.7. The highest BCUT2D eigenvalue weighted by Gasteiger charge is 2.44. The Bertz CT molecular complexity index is 1030. The van der Waals surface area contributed by atoms with Crippen molar-refractivity contribution in [2.45, 2.75) is 38.3 Å². The van der Waals surface area contributed by atoms with E-state index in [-0.39, 0.29) is 29.5 Å². The number of hydrogen-bond donors (Lipinski definition) is 4. The van der Waals surface area contributed by atoms with Crippen molar-refractivity contribution >= 4 is 23.5 Å². The summed E-state index contributed by atoms with van der Waals surface area (Å²) >= 11 is 5.98. The zero-order valence-electron chi connectivity index (χ0n) is 16.7. The summed E-state index contributed by atoms with van der Waals surface area (Å²) in [5.74, 6) is -2.02. The smallest absolute Gasteiger partial charge is 0.339 e. The maximum Gasteiger partial charge on any atom is 0.405 e. The first-order valence-corrected chi connectivity index (χ1v) is 9.81. The Morgan fingerprint density at radius 1 is 1.19 bits per heavy atom. The third-order valence-electron chi connectivity index (χ3n) is 4.70. The minimum atomic E-state index is -4.47. The van der Waals surface area contributed by atoms with Crippen LogP contribution in [0.5, 0.6) is 0 Å². The van der Waals surface area contributed by atoms with Crippen molar-refractivity contribution in [3.8, 4) is 0 Å². The number of rotatable bonds is 4. The second-order valence-electron chi connectivity index (χ2n) is 7.13. The van der Waals surface area contributed by atoms with E-state index in [9.17, 15) is 26.7 Å². The minimum Gasteiger partial charge on any atom is -0.339 e. The zero-order valence-corrected chi connectivity index (χ0v) is 17.4. The lowest BCUT2D eigenvalue weighted by molar-refractivity contribution is -0.153. The average Bonchev–Trinajstić information content (AvgIpc) is 3.18. The first-order chi connectivity index (χ1) is 15.0. The Kier molecular flexibility index (Phi) is 7.32. The molecule has 2 atom stereocenters. The quantitative estimate of drug-likeness (QED) is 0.310. The fourth-order valence-corrected chi connectivity index (χ4v) is 3.11. The van der Waals surface area contributed by atoms with Crippen molar-refractivity contribution in [1.82, 2.24) is 21.5 Å². The number of nitrogens with one attached hydrogen (secondary N) is 4. The van der Waals surface area contributed by atoms with E-state index in [0.717, 1.165) is 12.1 Å². The maximum absolute atomic E-state index is 13.8. The summed E-state index contributed by atoms with van der Waals surface area (Å²) < 4.78 is 65.8. The molecule has 6 nitrogen and oxygen atoms in total. The summed E-state index contributed by atoms with van der Waals surface area (Å²) in [5, 5.41) is 5.20. The van der Waals surface area contributed by atoms with Crippen LogP contribution < -0.4 is 21.5 Å². The van der Waals surface area contributed by atoms with E-state index >= 15 is 0 Å². The van der Waals surface area contributed by atoms with Gasteiger partial charge in [0.1, 0.15) is 17.7 Å². The van der Waals surface area contributed by atoms with Crippen molar-refractivity contribution in [3.05, 3.63) is 69.7 Å². The molecule has 1 aliphatic heterocycles. The fourth-order valence-electron chi connectivity index (χ4n) is 2.88. The number of carbonyl (C=O) groups is 1. The molecule has 32 heavy (non-hydrogen) atoms. The molecule has 0 bridgehead atoms. The molecule has 2 aromatic carbocycles. The van der Waals surface area contributed by atoms with Gasteiger partial charge in [0, 0.05) is 17.0 Å². The van der Waals surface area contributed by atoms with E-state index < -0.39 is 35.9 Å². The monoisotopic (exact) mass is 475 g/mol. The van der Waals surface area contributed by atoms with Gasteiger partial charge in [0.15, 0.2) is 5.96 Å². The Morgan fingerprint density at radius 3 is 2.56 bits per heavy atom. The topological polar surface area (TPSA) is 77.5 Å². The molecule has 2 aromatic rings. The molecule has 1 fully saturated rings. The van der Waals surface area contributed by atoms with Crippen LogP contribution >= 0.6 is 11.6 Å². The van der Waals surface area contributed by atoms with E-state index in [2.05, 4.69) is 26.5 Å². The lowest BCUT2D eigenvalue weighted by atomic mass is 10.1. The van der Waals surface area contributed by atoms with Gasteiger partial charge in [-0.25, -0.2) is 24.6 Å². The van der Waals surface area contributed by atoms with Crippen LogP contribution in [-0.4, -0.2) is 30.3 Å². The third kappa shape index (κ3) is 6.15. The molecule has 0 radical (unpaired) electrons. The average molecular weight is 476 g/mol. The van der Waals surface area contributed by atoms with Crippen LogP contribution in [0.15, 0.2) is 41.4 Å². The first kappa shape index (κ1) is 23.9. The molecular weight excluding hydrogens is 457 g/mol. The van der Waals surface area contributed by atoms with Gasteiger partial charge in [-0.15, -0.1) is 0 Å². The fraction of sp³-hybridized carbons (Fsp3) is 0.300. The molecule has 0 aliphatic carbocycles. The van der Waals surface area contributed by atoms with Crippen LogP contribution in [0.1, 0.15) is 27.9 Å². The Labute approximate surface area is 185 Å². The highest BCUT2D eigenvalue weighted by atomic mass is 35.5. The predicted molar refractivity (Wildman–Crippen MR) is 109 cm³/mol. The van der Waals surface area contributed by atoms with Gasteiger partial charge in [-0.1, -0.05) is 23.7 Å². The highest BCUT2D eigenvalue weighted by Crippen LogP contribution is 2.25. The normalized spacial score (nSPS) is 19.2. The van der Waals surface area contributed by atoms with Crippen molar-refractivity contribution < 1.29 is 26.7 Å². The summed E-state index contributed by atoms with van der Waals surface area (Å²) in [6.07, 6.45) is -5.76. The molecule has 1 saturated heterocycles. The maximum atomic E-state index is 13.8. The van der Waals surface area contributed by atoms with E-state index in [1.165, 1.54) is 31.2 Å². The van der Waals surface area contributed by atoms with Crippen LogP contribution in [0.25, 0.3) is 0 Å². The van der Waals surface area contributed by atoms with E-state index in [1.807, 2.05) is 0 Å². The minimum absolute atomic E-state index is 0.00640. The molecule has 1 aliphatic rings. The standard InChI is InChI=1S/C20H19ClF5N5O/c1-10-2-3-11(6-15(10)23)18(32)29-19(27-9-12-4-5-13(22)7-14(12)21)28-17-8-16(30-31-17)20(24,25)26/h2-7,16-17,30-31H,8-9H2,1H3,(H2,27,28,29,32). The lowest BCUT2D eigenvalue weighted by Crippen LogP contribution is -2.50. The molecule has 0 spiro atoms. The van der Waals surface area contributed by atoms with Gasteiger partial charge < -0.3 is 5.32 Å². The van der Waals surface area contributed by atoms with Crippen LogP contribution in [-0.2, 0) is 6.54 Å². The molecule has 0 saturated carbocycles. The van der Waals surface area contributed by atoms with E-state index in [4.69, 9.17) is 11.6 Å². The SMILES string of the molecule is Cc1ccc(C(=O)NC(=NCc2ccc(F)cc2Cl)NC2CC(C(F)(F)F)NN2)cc1F. The molecule has 12 heteroatoms. The van der Waals surface area contributed by atoms with Crippen molar-refractivity contribution in [2.75, 3.05) is 0 Å². The number of guanidine groups is 1. The number of aliphatic imine (C=N–C) groups is 1. The molecule has 1 amide bonds. The number of alkyl halides is 3. The molecule has 0 aromatic heterocycles. The Morgan fingerprint density at radius 2 is 1.94 bits per heavy atom. The summed E-state index contributed by atoms with van der Waals surface area (Å²) in [6, 6.07) is 5.71. The van der Waals surface area contributed by atoms with E-state index in [0.29, 0.717) is 11.1 Å². The molecular formula is C20H19ClF5N5O. The van der Waals surface area contributed by atoms with Gasteiger partial charge in [-0.3, -0.25) is 10.1 Å². The molecule has 172 valence electrons. The number of hydrogen-bond acceptors (Lipinski definition) is 4. The van der Waals surface area contributed by atoms with Gasteiger partial charge in [-0.2, -0.15) is 13.2 Å². The van der Waals surface area contributed by atoms with Crippen molar-refractivity contribution in [3.63, 3.8) is 0 Å². The number of benzene rings is 2. The molecule has 1 heterocycles. The summed E-state index contributed by atoms with van der Waals surface area (Å²) in [5.41, 5.74) is 5.33. The van der Waals surface area contributed by atoms with Gasteiger partial charge >= 0.3 is 6.18 Å². The van der Waals surface area contributed by atoms with Crippen LogP contribution in [0.4, 0.5) is 22.0 Å². The number of carbonyl (C=O) groups excluding carboxylic acids is 1. The van der Waals surface area contributed by atoms with Gasteiger partial charge in [0.05, 0.1) is 12.7 Å². The van der Waals surface area contributed by atoms with Gasteiger partial charge in [0.25, 0.3) is 5.91 Å². The molecule has 2 unspecified atom stereocenters. The van der Waals surface area contributed by atoms with Crippen LogP contribution in [0.2, 0.25) is 5.02 Å².